The number of aryl methyl sites for hydroxylation is 1. The molecule has 2 unspecified atom stereocenters. The fraction of sp³-hybridized carbons (Fsp3) is 0.389. The third kappa shape index (κ3) is 4.28. The summed E-state index contributed by atoms with van der Waals surface area (Å²) in [6.45, 7) is 5.23. The molecule has 1 saturated heterocycles. The van der Waals surface area contributed by atoms with Crippen LogP contribution in [-0.2, 0) is 6.54 Å². The summed E-state index contributed by atoms with van der Waals surface area (Å²) in [5.74, 6) is 1.88. The highest BCUT2D eigenvalue weighted by atomic mass is 16.5. The summed E-state index contributed by atoms with van der Waals surface area (Å²) in [5.41, 5.74) is 2.30. The quantitative estimate of drug-likeness (QED) is 0.759. The average molecular weight is 313 g/mol. The summed E-state index contributed by atoms with van der Waals surface area (Å²) in [7, 11) is 0. The first kappa shape index (κ1) is 15.9. The molecule has 23 heavy (non-hydrogen) atoms. The Morgan fingerprint density at radius 1 is 1.35 bits per heavy atom. The van der Waals surface area contributed by atoms with E-state index in [1.165, 1.54) is 5.56 Å². The van der Waals surface area contributed by atoms with Crippen molar-refractivity contribution >= 4 is 0 Å². The fourth-order valence-corrected chi connectivity index (χ4v) is 2.80. The van der Waals surface area contributed by atoms with Crippen LogP contribution in [0.15, 0.2) is 42.7 Å². The van der Waals surface area contributed by atoms with E-state index in [9.17, 15) is 5.11 Å². The molecule has 1 aromatic heterocycles. The third-order valence-electron chi connectivity index (χ3n) is 4.14. The van der Waals surface area contributed by atoms with Crippen LogP contribution in [0.25, 0.3) is 0 Å². The minimum absolute atomic E-state index is 0.237. The molecule has 2 atom stereocenters. The maximum Gasteiger partial charge on any atom is 0.145 e. The number of aliphatic hydroxyl groups excluding tert-OH is 1. The molecule has 0 aliphatic carbocycles. The van der Waals surface area contributed by atoms with Gasteiger partial charge in [0.1, 0.15) is 11.5 Å². The van der Waals surface area contributed by atoms with Gasteiger partial charge in [0.05, 0.1) is 12.3 Å². The van der Waals surface area contributed by atoms with Gasteiger partial charge < -0.3 is 20.5 Å². The summed E-state index contributed by atoms with van der Waals surface area (Å²) >= 11 is 0. The standard InChI is InChI=1S/C18H23N3O2/c1-13-7-14(8-20-9-15-10-21-12-17(15)22)4-5-18(13)23-16-3-2-6-19-11-16/h2-7,11,15,17,20-22H,8-10,12H2,1H3. The van der Waals surface area contributed by atoms with Crippen LogP contribution in [0, 0.1) is 12.8 Å². The van der Waals surface area contributed by atoms with Gasteiger partial charge in [0.15, 0.2) is 0 Å². The van der Waals surface area contributed by atoms with E-state index < -0.39 is 0 Å². The zero-order valence-electron chi connectivity index (χ0n) is 13.3. The van der Waals surface area contributed by atoms with Crippen LogP contribution in [0.4, 0.5) is 0 Å². The first-order chi connectivity index (χ1) is 11.2. The van der Waals surface area contributed by atoms with E-state index in [1.54, 1.807) is 12.4 Å². The van der Waals surface area contributed by atoms with Gasteiger partial charge in [0.25, 0.3) is 0 Å². The van der Waals surface area contributed by atoms with Gasteiger partial charge in [-0.15, -0.1) is 0 Å². The Bertz CT molecular complexity index is 633. The summed E-state index contributed by atoms with van der Waals surface area (Å²) in [4.78, 5) is 4.05. The second-order valence-electron chi connectivity index (χ2n) is 6.01. The number of pyridine rings is 1. The zero-order valence-corrected chi connectivity index (χ0v) is 13.3. The van der Waals surface area contributed by atoms with Gasteiger partial charge in [-0.3, -0.25) is 4.98 Å². The molecule has 0 spiro atoms. The second kappa shape index (κ2) is 7.55. The van der Waals surface area contributed by atoms with Crippen molar-refractivity contribution in [3.8, 4) is 11.5 Å². The van der Waals surface area contributed by atoms with Gasteiger partial charge in [-0.05, 0) is 36.2 Å². The number of ether oxygens (including phenoxy) is 1. The van der Waals surface area contributed by atoms with Crippen LogP contribution in [-0.4, -0.2) is 35.8 Å². The van der Waals surface area contributed by atoms with Gasteiger partial charge >= 0.3 is 0 Å². The Morgan fingerprint density at radius 2 is 2.26 bits per heavy atom. The Balaban J connectivity index is 1.54. The van der Waals surface area contributed by atoms with Crippen LogP contribution in [0.5, 0.6) is 11.5 Å². The molecule has 1 aliphatic rings. The van der Waals surface area contributed by atoms with E-state index in [-0.39, 0.29) is 6.10 Å². The minimum Gasteiger partial charge on any atom is -0.455 e. The fourth-order valence-electron chi connectivity index (χ4n) is 2.80. The molecule has 0 radical (unpaired) electrons. The Labute approximate surface area is 136 Å². The van der Waals surface area contributed by atoms with E-state index in [4.69, 9.17) is 4.74 Å². The number of hydrogen-bond donors (Lipinski definition) is 3. The summed E-state index contributed by atoms with van der Waals surface area (Å²) in [5, 5.41) is 16.4. The molecule has 1 fully saturated rings. The number of hydrogen-bond acceptors (Lipinski definition) is 5. The SMILES string of the molecule is Cc1cc(CNCC2CNCC2O)ccc1Oc1cccnc1. The van der Waals surface area contributed by atoms with E-state index >= 15 is 0 Å². The molecular formula is C18H23N3O2. The number of β-amino-alcohol motifs (C(OH)–C–C–N with tert-alkyl or cyclic N) is 1. The van der Waals surface area contributed by atoms with Crippen molar-refractivity contribution in [3.63, 3.8) is 0 Å². The predicted molar refractivity (Wildman–Crippen MR) is 89.6 cm³/mol. The molecule has 3 rings (SSSR count). The van der Waals surface area contributed by atoms with E-state index in [0.29, 0.717) is 12.5 Å². The first-order valence-electron chi connectivity index (χ1n) is 7.99. The number of aromatic nitrogens is 1. The smallest absolute Gasteiger partial charge is 0.145 e. The maximum atomic E-state index is 9.78. The largest absolute Gasteiger partial charge is 0.455 e. The molecule has 1 aliphatic heterocycles. The summed E-state index contributed by atoms with van der Waals surface area (Å²) in [6.07, 6.45) is 3.20. The monoisotopic (exact) mass is 313 g/mol. The van der Waals surface area contributed by atoms with Gasteiger partial charge in [-0.25, -0.2) is 0 Å². The highest BCUT2D eigenvalue weighted by Crippen LogP contribution is 2.25. The highest BCUT2D eigenvalue weighted by Gasteiger charge is 2.23. The maximum absolute atomic E-state index is 9.78. The third-order valence-corrected chi connectivity index (χ3v) is 4.14. The van der Waals surface area contributed by atoms with Gasteiger partial charge in [-0.1, -0.05) is 12.1 Å². The summed E-state index contributed by atoms with van der Waals surface area (Å²) < 4.78 is 5.84. The van der Waals surface area contributed by atoms with Crippen molar-refractivity contribution in [2.45, 2.75) is 19.6 Å². The molecule has 1 aromatic carbocycles. The number of nitrogens with one attached hydrogen (secondary N) is 2. The molecule has 5 nitrogen and oxygen atoms in total. The normalized spacial score (nSPS) is 20.6. The van der Waals surface area contributed by atoms with Crippen LogP contribution in [0.2, 0.25) is 0 Å². The van der Waals surface area contributed by atoms with Crippen molar-refractivity contribution < 1.29 is 9.84 Å². The molecule has 2 aromatic rings. The van der Waals surface area contributed by atoms with Crippen LogP contribution in [0.3, 0.4) is 0 Å². The summed E-state index contributed by atoms with van der Waals surface area (Å²) in [6, 6.07) is 9.93. The lowest BCUT2D eigenvalue weighted by molar-refractivity contribution is 0.146. The number of rotatable bonds is 6. The van der Waals surface area contributed by atoms with Crippen LogP contribution >= 0.6 is 0 Å². The van der Waals surface area contributed by atoms with Crippen molar-refractivity contribution in [2.75, 3.05) is 19.6 Å². The zero-order chi connectivity index (χ0) is 16.1. The molecule has 2 heterocycles. The number of nitrogens with zero attached hydrogens (tertiary/aromatic N) is 1. The Hall–Kier alpha value is -1.95. The van der Waals surface area contributed by atoms with Crippen molar-refractivity contribution in [3.05, 3.63) is 53.9 Å². The molecule has 0 amide bonds. The van der Waals surface area contributed by atoms with E-state index in [2.05, 4.69) is 27.8 Å². The average Bonchev–Trinajstić information content (AvgIpc) is 2.96. The molecule has 0 bridgehead atoms. The van der Waals surface area contributed by atoms with E-state index in [0.717, 1.165) is 36.7 Å². The lowest BCUT2D eigenvalue weighted by Crippen LogP contribution is -2.30. The van der Waals surface area contributed by atoms with Crippen LogP contribution in [0.1, 0.15) is 11.1 Å². The van der Waals surface area contributed by atoms with Crippen molar-refractivity contribution in [1.29, 1.82) is 0 Å². The van der Waals surface area contributed by atoms with Crippen LogP contribution < -0.4 is 15.4 Å². The molecule has 5 heteroatoms. The Kier molecular flexibility index (Phi) is 5.23. The topological polar surface area (TPSA) is 66.4 Å². The van der Waals surface area contributed by atoms with Gasteiger partial charge in [0.2, 0.25) is 0 Å². The molecule has 122 valence electrons. The number of benzene rings is 1. The van der Waals surface area contributed by atoms with E-state index in [1.807, 2.05) is 25.1 Å². The predicted octanol–water partition coefficient (Wildman–Crippen LogP) is 1.85. The lowest BCUT2D eigenvalue weighted by Gasteiger charge is -2.15. The number of aliphatic hydroxyl groups is 1. The van der Waals surface area contributed by atoms with Gasteiger partial charge in [0, 0.05) is 38.3 Å². The highest BCUT2D eigenvalue weighted by molar-refractivity contribution is 5.39. The first-order valence-corrected chi connectivity index (χ1v) is 7.99. The molecular weight excluding hydrogens is 290 g/mol. The van der Waals surface area contributed by atoms with Crippen molar-refractivity contribution in [2.24, 2.45) is 5.92 Å². The lowest BCUT2D eigenvalue weighted by atomic mass is 10.1. The minimum atomic E-state index is -0.237. The van der Waals surface area contributed by atoms with Gasteiger partial charge in [-0.2, -0.15) is 0 Å². The molecule has 0 saturated carbocycles. The van der Waals surface area contributed by atoms with Crippen molar-refractivity contribution in [1.82, 2.24) is 15.6 Å². The molecule has 3 N–H and O–H groups in total. The second-order valence-corrected chi connectivity index (χ2v) is 6.01. The Morgan fingerprint density at radius 3 is 2.96 bits per heavy atom.